The first kappa shape index (κ1) is 15.8. The maximum Gasteiger partial charge on any atom is 0.321 e. The van der Waals surface area contributed by atoms with Gasteiger partial charge in [0.2, 0.25) is 5.91 Å². The summed E-state index contributed by atoms with van der Waals surface area (Å²) in [5.41, 5.74) is 5.50. The molecule has 6 heteroatoms. The standard InChI is InChI=1S/C15H23N3O2S/c1-2-3-7-13(14(16)19)18-9-5-8-17(15(18)20)11-12-6-4-10-21-12/h4,6,10,13H,2-3,5,7-9,11H2,1H3,(H2,16,19)/t13-/m0/s1. The van der Waals surface area contributed by atoms with Crippen molar-refractivity contribution in [3.05, 3.63) is 22.4 Å². The highest BCUT2D eigenvalue weighted by Gasteiger charge is 2.33. The minimum Gasteiger partial charge on any atom is -0.368 e. The van der Waals surface area contributed by atoms with Gasteiger partial charge in [0.1, 0.15) is 6.04 Å². The number of carbonyl (C=O) groups is 2. The largest absolute Gasteiger partial charge is 0.368 e. The molecule has 0 unspecified atom stereocenters. The van der Waals surface area contributed by atoms with Crippen LogP contribution in [0.4, 0.5) is 4.79 Å². The Balaban J connectivity index is 2.05. The van der Waals surface area contributed by atoms with Gasteiger partial charge in [0.05, 0.1) is 6.54 Å². The zero-order chi connectivity index (χ0) is 15.2. The number of nitrogens with two attached hydrogens (primary N) is 1. The fraction of sp³-hybridized carbons (Fsp3) is 0.600. The van der Waals surface area contributed by atoms with E-state index >= 15 is 0 Å². The van der Waals surface area contributed by atoms with Crippen LogP contribution in [-0.2, 0) is 11.3 Å². The number of rotatable bonds is 7. The Labute approximate surface area is 129 Å². The van der Waals surface area contributed by atoms with Crippen LogP contribution >= 0.6 is 11.3 Å². The van der Waals surface area contributed by atoms with Crippen molar-refractivity contribution in [2.75, 3.05) is 13.1 Å². The molecule has 0 bridgehead atoms. The Kier molecular flexibility index (Phi) is 5.61. The average molecular weight is 309 g/mol. The minimum atomic E-state index is -0.469. The van der Waals surface area contributed by atoms with Gasteiger partial charge in [-0.2, -0.15) is 0 Å². The van der Waals surface area contributed by atoms with Gasteiger partial charge >= 0.3 is 6.03 Å². The number of hydrogen-bond acceptors (Lipinski definition) is 3. The van der Waals surface area contributed by atoms with Crippen molar-refractivity contribution in [2.24, 2.45) is 5.73 Å². The van der Waals surface area contributed by atoms with E-state index in [-0.39, 0.29) is 6.03 Å². The molecule has 0 aromatic carbocycles. The highest BCUT2D eigenvalue weighted by molar-refractivity contribution is 7.09. The number of hydrogen-bond donors (Lipinski definition) is 1. The Hall–Kier alpha value is -1.56. The van der Waals surface area contributed by atoms with Crippen molar-refractivity contribution in [3.8, 4) is 0 Å². The SMILES string of the molecule is CCCC[C@@H](C(N)=O)N1CCCN(Cc2cccs2)C1=O. The monoisotopic (exact) mass is 309 g/mol. The van der Waals surface area contributed by atoms with Gasteiger partial charge in [-0.3, -0.25) is 4.79 Å². The van der Waals surface area contributed by atoms with Gasteiger partial charge in [-0.1, -0.05) is 25.8 Å². The fourth-order valence-electron chi connectivity index (χ4n) is 2.68. The lowest BCUT2D eigenvalue weighted by Gasteiger charge is -2.39. The number of amides is 3. The molecule has 0 radical (unpaired) electrons. The summed E-state index contributed by atoms with van der Waals surface area (Å²) in [6, 6.07) is 3.48. The zero-order valence-electron chi connectivity index (χ0n) is 12.5. The van der Waals surface area contributed by atoms with Crippen LogP contribution < -0.4 is 5.73 Å². The lowest BCUT2D eigenvalue weighted by atomic mass is 10.1. The van der Waals surface area contributed by atoms with Crippen molar-refractivity contribution in [3.63, 3.8) is 0 Å². The molecule has 0 spiro atoms. The second-order valence-corrected chi connectivity index (χ2v) is 6.42. The van der Waals surface area contributed by atoms with Crippen molar-refractivity contribution in [1.82, 2.24) is 9.80 Å². The molecule has 0 aliphatic carbocycles. The summed E-state index contributed by atoms with van der Waals surface area (Å²) < 4.78 is 0. The molecule has 1 aromatic rings. The van der Waals surface area contributed by atoms with Crippen LogP contribution in [0, 0.1) is 0 Å². The first-order valence-corrected chi connectivity index (χ1v) is 8.38. The quantitative estimate of drug-likeness (QED) is 0.840. The maximum absolute atomic E-state index is 12.6. The number of carbonyl (C=O) groups excluding carboxylic acids is 2. The number of thiophene rings is 1. The Morgan fingerprint density at radius 2 is 2.29 bits per heavy atom. The topological polar surface area (TPSA) is 66.6 Å². The van der Waals surface area contributed by atoms with Crippen LogP contribution in [0.2, 0.25) is 0 Å². The van der Waals surface area contributed by atoms with Gasteiger partial charge in [-0.05, 0) is 24.3 Å². The third-order valence-electron chi connectivity index (χ3n) is 3.81. The molecule has 1 fully saturated rings. The third kappa shape index (κ3) is 3.97. The van der Waals surface area contributed by atoms with E-state index in [9.17, 15) is 9.59 Å². The van der Waals surface area contributed by atoms with Gasteiger partial charge in [0.25, 0.3) is 0 Å². The molecule has 1 aromatic heterocycles. The van der Waals surface area contributed by atoms with Crippen molar-refractivity contribution < 1.29 is 9.59 Å². The smallest absolute Gasteiger partial charge is 0.321 e. The van der Waals surface area contributed by atoms with Crippen LogP contribution in [-0.4, -0.2) is 40.9 Å². The average Bonchev–Trinajstić information content (AvgIpc) is 2.95. The molecule has 5 nitrogen and oxygen atoms in total. The summed E-state index contributed by atoms with van der Waals surface area (Å²) in [5, 5.41) is 2.01. The first-order valence-electron chi connectivity index (χ1n) is 7.50. The molecular weight excluding hydrogens is 286 g/mol. The summed E-state index contributed by atoms with van der Waals surface area (Å²) >= 11 is 1.64. The number of nitrogens with zero attached hydrogens (tertiary/aromatic N) is 2. The Bertz CT molecular complexity index is 475. The summed E-state index contributed by atoms with van der Waals surface area (Å²) in [6.45, 7) is 4.05. The lowest BCUT2D eigenvalue weighted by Crippen LogP contribution is -2.56. The van der Waals surface area contributed by atoms with E-state index in [0.29, 0.717) is 19.5 Å². The van der Waals surface area contributed by atoms with Gasteiger partial charge < -0.3 is 15.5 Å². The van der Waals surface area contributed by atoms with Crippen LogP contribution in [0.15, 0.2) is 17.5 Å². The van der Waals surface area contributed by atoms with Gasteiger partial charge in [0.15, 0.2) is 0 Å². The van der Waals surface area contributed by atoms with Crippen molar-refractivity contribution >= 4 is 23.3 Å². The molecule has 2 heterocycles. The van der Waals surface area contributed by atoms with E-state index in [1.807, 2.05) is 22.4 Å². The Morgan fingerprint density at radius 1 is 1.48 bits per heavy atom. The summed E-state index contributed by atoms with van der Waals surface area (Å²) in [5.74, 6) is -0.394. The summed E-state index contributed by atoms with van der Waals surface area (Å²) in [6.07, 6.45) is 3.43. The fourth-order valence-corrected chi connectivity index (χ4v) is 3.40. The van der Waals surface area contributed by atoms with Gasteiger partial charge in [-0.15, -0.1) is 11.3 Å². The van der Waals surface area contributed by atoms with Gasteiger partial charge in [0, 0.05) is 18.0 Å². The molecule has 1 aliphatic heterocycles. The molecule has 1 atom stereocenters. The zero-order valence-corrected chi connectivity index (χ0v) is 13.3. The summed E-state index contributed by atoms with van der Waals surface area (Å²) in [7, 11) is 0. The van der Waals surface area contributed by atoms with E-state index in [1.165, 1.54) is 0 Å². The predicted octanol–water partition coefficient (Wildman–Crippen LogP) is 2.42. The number of urea groups is 1. The molecule has 1 aliphatic rings. The van der Waals surface area contributed by atoms with E-state index < -0.39 is 11.9 Å². The second-order valence-electron chi connectivity index (χ2n) is 5.39. The van der Waals surface area contributed by atoms with Crippen LogP contribution in [0.25, 0.3) is 0 Å². The molecule has 0 saturated carbocycles. The number of unbranched alkanes of at least 4 members (excludes halogenated alkanes) is 1. The number of primary amides is 1. The molecular formula is C15H23N3O2S. The third-order valence-corrected chi connectivity index (χ3v) is 4.67. The van der Waals surface area contributed by atoms with E-state index in [0.717, 1.165) is 30.7 Å². The summed E-state index contributed by atoms with van der Waals surface area (Å²) in [4.78, 5) is 28.9. The van der Waals surface area contributed by atoms with Crippen molar-refractivity contribution in [2.45, 2.75) is 45.2 Å². The second kappa shape index (κ2) is 7.45. The maximum atomic E-state index is 12.6. The molecule has 2 rings (SSSR count). The molecule has 2 N–H and O–H groups in total. The predicted molar refractivity (Wildman–Crippen MR) is 84.0 cm³/mol. The first-order chi connectivity index (χ1) is 10.1. The van der Waals surface area contributed by atoms with E-state index in [4.69, 9.17) is 5.73 Å². The molecule has 116 valence electrons. The minimum absolute atomic E-state index is 0.0606. The lowest BCUT2D eigenvalue weighted by molar-refractivity contribution is -0.123. The molecule has 1 saturated heterocycles. The highest BCUT2D eigenvalue weighted by Crippen LogP contribution is 2.20. The Morgan fingerprint density at radius 3 is 2.90 bits per heavy atom. The highest BCUT2D eigenvalue weighted by atomic mass is 32.1. The molecule has 3 amide bonds. The van der Waals surface area contributed by atoms with E-state index in [1.54, 1.807) is 16.2 Å². The molecule has 21 heavy (non-hydrogen) atoms. The normalized spacial score (nSPS) is 17.1. The van der Waals surface area contributed by atoms with Crippen LogP contribution in [0.1, 0.15) is 37.5 Å². The van der Waals surface area contributed by atoms with E-state index in [2.05, 4.69) is 6.92 Å². The van der Waals surface area contributed by atoms with Crippen LogP contribution in [0.3, 0.4) is 0 Å². The van der Waals surface area contributed by atoms with Crippen LogP contribution in [0.5, 0.6) is 0 Å². The van der Waals surface area contributed by atoms with Gasteiger partial charge in [-0.25, -0.2) is 4.79 Å². The van der Waals surface area contributed by atoms with Crippen molar-refractivity contribution in [1.29, 1.82) is 0 Å².